The Kier molecular flexibility index (Phi) is 6.22. The second-order valence-corrected chi connectivity index (χ2v) is 6.80. The maximum Gasteiger partial charge on any atom is 0.229 e. The topological polar surface area (TPSA) is 76.1 Å². The highest BCUT2D eigenvalue weighted by Gasteiger charge is 2.08. The fourth-order valence-electron chi connectivity index (χ4n) is 2.61. The van der Waals surface area contributed by atoms with Crippen molar-refractivity contribution in [2.75, 3.05) is 10.6 Å². The molecule has 0 aliphatic rings. The van der Waals surface area contributed by atoms with Crippen LogP contribution in [0.3, 0.4) is 0 Å². The molecule has 3 rings (SSSR count). The van der Waals surface area contributed by atoms with Crippen LogP contribution in [0, 0.1) is 6.92 Å². The van der Waals surface area contributed by atoms with Crippen LogP contribution in [0.25, 0.3) is 0 Å². The molecule has 1 aromatic heterocycles. The van der Waals surface area contributed by atoms with Crippen molar-refractivity contribution in [2.45, 2.75) is 33.3 Å². The van der Waals surface area contributed by atoms with Gasteiger partial charge in [0.25, 0.3) is 0 Å². The number of rotatable bonds is 7. The molecule has 0 aliphatic heterocycles. The van der Waals surface area contributed by atoms with E-state index in [-0.39, 0.29) is 12.0 Å². The molecular weight excluding hydrogens is 352 g/mol. The normalized spacial score (nSPS) is 10.6. The first-order valence-electron chi connectivity index (χ1n) is 9.21. The van der Waals surface area contributed by atoms with Gasteiger partial charge in [-0.15, -0.1) is 10.2 Å². The lowest BCUT2D eigenvalue weighted by molar-refractivity contribution is -0.115. The Bertz CT molecular complexity index is 922. The zero-order valence-electron chi connectivity index (χ0n) is 16.3. The van der Waals surface area contributed by atoms with Crippen LogP contribution < -0.4 is 15.4 Å². The summed E-state index contributed by atoms with van der Waals surface area (Å²) in [4.78, 5) is 12.2. The zero-order chi connectivity index (χ0) is 19.9. The van der Waals surface area contributed by atoms with Gasteiger partial charge in [0.1, 0.15) is 5.75 Å². The summed E-state index contributed by atoms with van der Waals surface area (Å²) in [6, 6.07) is 19.0. The minimum Gasteiger partial charge on any atom is -0.489 e. The third kappa shape index (κ3) is 5.54. The van der Waals surface area contributed by atoms with Crippen molar-refractivity contribution in [1.29, 1.82) is 0 Å². The molecule has 2 aromatic carbocycles. The molecule has 0 unspecified atom stereocenters. The number of aromatic nitrogens is 2. The number of carbonyl (C=O) groups excluding carboxylic acids is 1. The lowest BCUT2D eigenvalue weighted by atomic mass is 10.1. The van der Waals surface area contributed by atoms with Crippen LogP contribution in [-0.4, -0.2) is 22.2 Å². The largest absolute Gasteiger partial charge is 0.489 e. The molecule has 0 bridgehead atoms. The molecule has 6 heteroatoms. The predicted octanol–water partition coefficient (Wildman–Crippen LogP) is 4.50. The molecule has 0 radical (unpaired) electrons. The minimum atomic E-state index is -0.130. The fraction of sp³-hybridized carbons (Fsp3) is 0.227. The number of anilines is 3. The van der Waals surface area contributed by atoms with Gasteiger partial charge in [0.2, 0.25) is 5.91 Å². The van der Waals surface area contributed by atoms with Crippen molar-refractivity contribution in [3.05, 3.63) is 71.8 Å². The van der Waals surface area contributed by atoms with Crippen molar-refractivity contribution >= 4 is 23.2 Å². The first-order chi connectivity index (χ1) is 13.5. The van der Waals surface area contributed by atoms with Crippen molar-refractivity contribution in [2.24, 2.45) is 0 Å². The van der Waals surface area contributed by atoms with E-state index < -0.39 is 0 Å². The van der Waals surface area contributed by atoms with Gasteiger partial charge in [0, 0.05) is 0 Å². The highest BCUT2D eigenvalue weighted by Crippen LogP contribution is 2.27. The first kappa shape index (κ1) is 19.4. The Morgan fingerprint density at radius 1 is 0.964 bits per heavy atom. The van der Waals surface area contributed by atoms with Gasteiger partial charge in [-0.3, -0.25) is 4.79 Å². The monoisotopic (exact) mass is 376 g/mol. The van der Waals surface area contributed by atoms with Gasteiger partial charge in [-0.1, -0.05) is 42.0 Å². The molecule has 0 fully saturated rings. The SMILES string of the molecule is Cc1ccc(CC(=O)Nc2ccc(Nc3ccccc3OC(C)C)nn2)cc1. The zero-order valence-corrected chi connectivity index (χ0v) is 16.3. The van der Waals surface area contributed by atoms with E-state index in [9.17, 15) is 4.79 Å². The Morgan fingerprint density at radius 2 is 1.64 bits per heavy atom. The third-order valence-electron chi connectivity index (χ3n) is 3.93. The van der Waals surface area contributed by atoms with Crippen molar-refractivity contribution < 1.29 is 9.53 Å². The number of ether oxygens (including phenoxy) is 1. The number of nitrogens with zero attached hydrogens (tertiary/aromatic N) is 2. The third-order valence-corrected chi connectivity index (χ3v) is 3.93. The van der Waals surface area contributed by atoms with Crippen LogP contribution in [-0.2, 0) is 11.2 Å². The van der Waals surface area contributed by atoms with Gasteiger partial charge in [0.15, 0.2) is 11.6 Å². The van der Waals surface area contributed by atoms with Crippen LogP contribution in [0.1, 0.15) is 25.0 Å². The van der Waals surface area contributed by atoms with Gasteiger partial charge in [0.05, 0.1) is 18.2 Å². The molecule has 0 saturated heterocycles. The number of hydrogen-bond acceptors (Lipinski definition) is 5. The summed E-state index contributed by atoms with van der Waals surface area (Å²) in [7, 11) is 0. The molecule has 1 amide bonds. The molecule has 144 valence electrons. The van der Waals surface area contributed by atoms with E-state index in [4.69, 9.17) is 4.74 Å². The van der Waals surface area contributed by atoms with Crippen LogP contribution in [0.4, 0.5) is 17.3 Å². The van der Waals surface area contributed by atoms with E-state index in [1.54, 1.807) is 12.1 Å². The smallest absolute Gasteiger partial charge is 0.229 e. The summed E-state index contributed by atoms with van der Waals surface area (Å²) < 4.78 is 5.79. The van der Waals surface area contributed by atoms with Gasteiger partial charge in [-0.2, -0.15) is 0 Å². The number of amides is 1. The van der Waals surface area contributed by atoms with E-state index in [1.165, 1.54) is 5.56 Å². The average Bonchev–Trinajstić information content (AvgIpc) is 2.66. The highest BCUT2D eigenvalue weighted by atomic mass is 16.5. The molecule has 0 aliphatic carbocycles. The number of aryl methyl sites for hydroxylation is 1. The number of para-hydroxylation sites is 2. The Balaban J connectivity index is 1.61. The summed E-state index contributed by atoms with van der Waals surface area (Å²) in [5.74, 6) is 1.59. The van der Waals surface area contributed by atoms with E-state index in [2.05, 4.69) is 20.8 Å². The minimum absolute atomic E-state index is 0.0696. The summed E-state index contributed by atoms with van der Waals surface area (Å²) in [5.41, 5.74) is 2.93. The number of benzene rings is 2. The van der Waals surface area contributed by atoms with Gasteiger partial charge >= 0.3 is 0 Å². The average molecular weight is 376 g/mol. The van der Waals surface area contributed by atoms with Crippen molar-refractivity contribution in [3.63, 3.8) is 0 Å². The van der Waals surface area contributed by atoms with E-state index in [1.807, 2.05) is 69.3 Å². The lowest BCUT2D eigenvalue weighted by Gasteiger charge is -2.15. The van der Waals surface area contributed by atoms with Crippen LogP contribution >= 0.6 is 0 Å². The van der Waals surface area contributed by atoms with Crippen molar-refractivity contribution in [1.82, 2.24) is 10.2 Å². The van der Waals surface area contributed by atoms with Gasteiger partial charge in [-0.25, -0.2) is 0 Å². The second-order valence-electron chi connectivity index (χ2n) is 6.80. The van der Waals surface area contributed by atoms with Gasteiger partial charge < -0.3 is 15.4 Å². The molecule has 0 saturated carbocycles. The maximum atomic E-state index is 12.2. The maximum absolute atomic E-state index is 12.2. The molecule has 3 aromatic rings. The number of carbonyl (C=O) groups is 1. The Labute approximate surface area is 165 Å². The standard InChI is InChI=1S/C22H24N4O2/c1-15(2)28-19-7-5-4-6-18(19)23-20-12-13-21(26-25-20)24-22(27)14-17-10-8-16(3)9-11-17/h4-13,15H,14H2,1-3H3,(H,23,25)(H,24,26,27). The molecular formula is C22H24N4O2. The van der Waals surface area contributed by atoms with Crippen LogP contribution in [0.5, 0.6) is 5.75 Å². The molecule has 0 spiro atoms. The number of hydrogen-bond donors (Lipinski definition) is 2. The highest BCUT2D eigenvalue weighted by molar-refractivity contribution is 5.91. The predicted molar refractivity (Wildman–Crippen MR) is 111 cm³/mol. The quantitative estimate of drug-likeness (QED) is 0.635. The van der Waals surface area contributed by atoms with Crippen LogP contribution in [0.2, 0.25) is 0 Å². The van der Waals surface area contributed by atoms with Crippen LogP contribution in [0.15, 0.2) is 60.7 Å². The summed E-state index contributed by atoms with van der Waals surface area (Å²) in [6.45, 7) is 5.97. The molecule has 6 nitrogen and oxygen atoms in total. The second kappa shape index (κ2) is 8.99. The first-order valence-corrected chi connectivity index (χ1v) is 9.21. The Hall–Kier alpha value is -3.41. The van der Waals surface area contributed by atoms with Crippen molar-refractivity contribution in [3.8, 4) is 5.75 Å². The van der Waals surface area contributed by atoms with Gasteiger partial charge in [-0.05, 0) is 50.6 Å². The number of nitrogens with one attached hydrogen (secondary N) is 2. The van der Waals surface area contributed by atoms with E-state index in [0.29, 0.717) is 18.1 Å². The van der Waals surface area contributed by atoms with E-state index in [0.717, 1.165) is 17.0 Å². The van der Waals surface area contributed by atoms with E-state index >= 15 is 0 Å². The molecule has 0 atom stereocenters. The molecule has 28 heavy (non-hydrogen) atoms. The molecule has 1 heterocycles. The summed E-state index contributed by atoms with van der Waals surface area (Å²) in [6.07, 6.45) is 0.363. The lowest BCUT2D eigenvalue weighted by Crippen LogP contribution is -2.15. The fourth-order valence-corrected chi connectivity index (χ4v) is 2.61. The Morgan fingerprint density at radius 3 is 2.32 bits per heavy atom. The summed E-state index contributed by atoms with van der Waals surface area (Å²) in [5, 5.41) is 14.2. The molecule has 2 N–H and O–H groups in total. The summed E-state index contributed by atoms with van der Waals surface area (Å²) >= 11 is 0.